The van der Waals surface area contributed by atoms with E-state index in [1.807, 2.05) is 18.7 Å². The van der Waals surface area contributed by atoms with Crippen molar-refractivity contribution < 1.29 is 8.78 Å². The molecule has 0 radical (unpaired) electrons. The first-order valence-electron chi connectivity index (χ1n) is 5.39. The Morgan fingerprint density at radius 1 is 1.07 bits per heavy atom. The molecule has 1 aromatic carbocycles. The zero-order valence-corrected chi connectivity index (χ0v) is 9.26. The van der Waals surface area contributed by atoms with Crippen molar-refractivity contribution in [2.45, 2.75) is 26.7 Å². The van der Waals surface area contributed by atoms with Crippen LogP contribution in [0.15, 0.2) is 18.2 Å². The lowest BCUT2D eigenvalue weighted by Gasteiger charge is -2.24. The van der Waals surface area contributed by atoms with Gasteiger partial charge >= 0.3 is 0 Å². The minimum Gasteiger partial charge on any atom is -0.369 e. The molecule has 1 rings (SSSR count). The van der Waals surface area contributed by atoms with E-state index in [9.17, 15) is 8.78 Å². The van der Waals surface area contributed by atoms with Crippen molar-refractivity contribution in [1.29, 1.82) is 0 Å². The molecule has 0 atom stereocenters. The van der Waals surface area contributed by atoms with Gasteiger partial charge in [-0.2, -0.15) is 0 Å². The normalized spacial score (nSPS) is 10.4. The van der Waals surface area contributed by atoms with Gasteiger partial charge in [0.25, 0.3) is 0 Å². The molecule has 0 spiro atoms. The van der Waals surface area contributed by atoms with Crippen molar-refractivity contribution in [3.8, 4) is 0 Å². The van der Waals surface area contributed by atoms with E-state index in [-0.39, 0.29) is 0 Å². The number of anilines is 1. The Morgan fingerprint density at radius 3 is 2.20 bits per heavy atom. The van der Waals surface area contributed by atoms with Crippen LogP contribution in [0.2, 0.25) is 0 Å². The highest BCUT2D eigenvalue weighted by molar-refractivity contribution is 5.47. The summed E-state index contributed by atoms with van der Waals surface area (Å²) in [5, 5.41) is 0. The van der Waals surface area contributed by atoms with Crippen LogP contribution in [-0.4, -0.2) is 13.1 Å². The molecular weight excluding hydrogens is 196 g/mol. The summed E-state index contributed by atoms with van der Waals surface area (Å²) in [5.74, 6) is -1.51. The van der Waals surface area contributed by atoms with Crippen LogP contribution in [0.1, 0.15) is 26.7 Å². The quantitative estimate of drug-likeness (QED) is 0.722. The monoisotopic (exact) mass is 213 g/mol. The Labute approximate surface area is 89.7 Å². The van der Waals surface area contributed by atoms with Crippen LogP contribution in [0.5, 0.6) is 0 Å². The molecule has 3 heteroatoms. The maximum absolute atomic E-state index is 13.5. The molecule has 0 heterocycles. The topological polar surface area (TPSA) is 3.24 Å². The highest BCUT2D eigenvalue weighted by Crippen LogP contribution is 2.21. The molecule has 15 heavy (non-hydrogen) atoms. The molecule has 84 valence electrons. The van der Waals surface area contributed by atoms with E-state index in [2.05, 4.69) is 0 Å². The van der Waals surface area contributed by atoms with E-state index in [1.54, 1.807) is 12.1 Å². The maximum atomic E-state index is 13.5. The minimum atomic E-state index is -0.773. The van der Waals surface area contributed by atoms with Gasteiger partial charge in [-0.3, -0.25) is 0 Å². The lowest BCUT2D eigenvalue weighted by atomic mass is 10.2. The standard InChI is InChI=1S/C12H17F2N/c1-3-8-15(9-4-2)11-7-5-6-10(13)12(11)14/h5-7H,3-4,8-9H2,1-2H3. The van der Waals surface area contributed by atoms with Crippen LogP contribution in [0.4, 0.5) is 14.5 Å². The second-order valence-electron chi connectivity index (χ2n) is 3.56. The van der Waals surface area contributed by atoms with Gasteiger partial charge in [0.1, 0.15) is 0 Å². The predicted molar refractivity (Wildman–Crippen MR) is 59.2 cm³/mol. The van der Waals surface area contributed by atoms with Crippen LogP contribution >= 0.6 is 0 Å². The van der Waals surface area contributed by atoms with E-state index in [0.717, 1.165) is 32.0 Å². The highest BCUT2D eigenvalue weighted by atomic mass is 19.2. The van der Waals surface area contributed by atoms with Gasteiger partial charge in [-0.15, -0.1) is 0 Å². The molecule has 0 aromatic heterocycles. The van der Waals surface area contributed by atoms with Gasteiger partial charge in [-0.1, -0.05) is 19.9 Å². The van der Waals surface area contributed by atoms with E-state index in [4.69, 9.17) is 0 Å². The van der Waals surface area contributed by atoms with Crippen LogP contribution in [0.25, 0.3) is 0 Å². The summed E-state index contributed by atoms with van der Waals surface area (Å²) in [6.45, 7) is 5.57. The van der Waals surface area contributed by atoms with E-state index >= 15 is 0 Å². The lowest BCUT2D eigenvalue weighted by Crippen LogP contribution is -2.26. The van der Waals surface area contributed by atoms with E-state index < -0.39 is 11.6 Å². The first kappa shape index (κ1) is 12.0. The number of hydrogen-bond donors (Lipinski definition) is 0. The summed E-state index contributed by atoms with van der Waals surface area (Å²) < 4.78 is 26.5. The number of halogens is 2. The third-order valence-electron chi connectivity index (χ3n) is 2.26. The molecular formula is C12H17F2N. The van der Waals surface area contributed by atoms with Crippen LogP contribution in [0.3, 0.4) is 0 Å². The maximum Gasteiger partial charge on any atom is 0.182 e. The summed E-state index contributed by atoms with van der Waals surface area (Å²) in [4.78, 5) is 1.89. The van der Waals surface area contributed by atoms with E-state index in [1.165, 1.54) is 0 Å². The Morgan fingerprint density at radius 2 is 1.67 bits per heavy atom. The summed E-state index contributed by atoms with van der Waals surface area (Å²) in [5.41, 5.74) is 0.374. The molecule has 0 aliphatic rings. The Balaban J connectivity index is 2.94. The number of nitrogens with zero attached hydrogens (tertiary/aromatic N) is 1. The zero-order chi connectivity index (χ0) is 11.3. The Bertz CT molecular complexity index is 306. The molecule has 0 saturated carbocycles. The molecule has 0 N–H and O–H groups in total. The van der Waals surface area contributed by atoms with E-state index in [0.29, 0.717) is 5.69 Å². The van der Waals surface area contributed by atoms with Crippen molar-refractivity contribution in [2.24, 2.45) is 0 Å². The van der Waals surface area contributed by atoms with Gasteiger partial charge in [0.05, 0.1) is 5.69 Å². The predicted octanol–water partition coefficient (Wildman–Crippen LogP) is 3.59. The Kier molecular flexibility index (Phi) is 4.53. The van der Waals surface area contributed by atoms with Gasteiger partial charge in [-0.25, -0.2) is 8.78 Å². The van der Waals surface area contributed by atoms with Crippen molar-refractivity contribution in [3.63, 3.8) is 0 Å². The SMILES string of the molecule is CCCN(CCC)c1cccc(F)c1F. The second-order valence-corrected chi connectivity index (χ2v) is 3.56. The minimum absolute atomic E-state index is 0.374. The van der Waals surface area contributed by atoms with Crippen molar-refractivity contribution >= 4 is 5.69 Å². The van der Waals surface area contributed by atoms with Crippen molar-refractivity contribution in [3.05, 3.63) is 29.8 Å². The van der Waals surface area contributed by atoms with Crippen molar-refractivity contribution in [2.75, 3.05) is 18.0 Å². The summed E-state index contributed by atoms with van der Waals surface area (Å²) in [7, 11) is 0. The fourth-order valence-corrected chi connectivity index (χ4v) is 1.63. The van der Waals surface area contributed by atoms with Crippen LogP contribution in [0, 0.1) is 11.6 Å². The summed E-state index contributed by atoms with van der Waals surface area (Å²) >= 11 is 0. The molecule has 0 fully saturated rings. The molecule has 0 unspecified atom stereocenters. The molecule has 0 aliphatic heterocycles. The van der Waals surface area contributed by atoms with Gasteiger partial charge in [0.15, 0.2) is 11.6 Å². The van der Waals surface area contributed by atoms with Crippen LogP contribution in [-0.2, 0) is 0 Å². The molecule has 0 saturated heterocycles. The molecule has 1 nitrogen and oxygen atoms in total. The lowest BCUT2D eigenvalue weighted by molar-refractivity contribution is 0.505. The first-order chi connectivity index (χ1) is 7.20. The third kappa shape index (κ3) is 2.91. The molecule has 0 bridgehead atoms. The largest absolute Gasteiger partial charge is 0.369 e. The van der Waals surface area contributed by atoms with Gasteiger partial charge in [-0.05, 0) is 25.0 Å². The summed E-state index contributed by atoms with van der Waals surface area (Å²) in [6, 6.07) is 4.32. The summed E-state index contributed by atoms with van der Waals surface area (Å²) in [6.07, 6.45) is 1.85. The smallest absolute Gasteiger partial charge is 0.182 e. The second kappa shape index (κ2) is 5.69. The fraction of sp³-hybridized carbons (Fsp3) is 0.500. The number of rotatable bonds is 5. The average Bonchev–Trinajstić information content (AvgIpc) is 2.22. The Hall–Kier alpha value is -1.12. The van der Waals surface area contributed by atoms with Gasteiger partial charge in [0, 0.05) is 13.1 Å². The first-order valence-corrected chi connectivity index (χ1v) is 5.39. The molecule has 0 amide bonds. The van der Waals surface area contributed by atoms with Crippen LogP contribution < -0.4 is 4.90 Å². The zero-order valence-electron chi connectivity index (χ0n) is 9.26. The average molecular weight is 213 g/mol. The van der Waals surface area contributed by atoms with Gasteiger partial charge in [0.2, 0.25) is 0 Å². The molecule has 0 aliphatic carbocycles. The number of hydrogen-bond acceptors (Lipinski definition) is 1. The number of benzene rings is 1. The highest BCUT2D eigenvalue weighted by Gasteiger charge is 2.12. The molecule has 1 aromatic rings. The third-order valence-corrected chi connectivity index (χ3v) is 2.26. The van der Waals surface area contributed by atoms with Crippen molar-refractivity contribution in [1.82, 2.24) is 0 Å². The fourth-order valence-electron chi connectivity index (χ4n) is 1.63. The van der Waals surface area contributed by atoms with Gasteiger partial charge < -0.3 is 4.90 Å².